The van der Waals surface area contributed by atoms with Crippen molar-refractivity contribution >= 4 is 0 Å². The van der Waals surface area contributed by atoms with Gasteiger partial charge in [0.15, 0.2) is 5.79 Å². The fourth-order valence-corrected chi connectivity index (χ4v) is 3.09. The van der Waals surface area contributed by atoms with Crippen LogP contribution < -0.4 is 0 Å². The maximum atomic E-state index is 10.4. The van der Waals surface area contributed by atoms with Crippen LogP contribution in [0.3, 0.4) is 0 Å². The molecule has 19 heavy (non-hydrogen) atoms. The summed E-state index contributed by atoms with van der Waals surface area (Å²) in [6.45, 7) is 8.28. The van der Waals surface area contributed by atoms with Crippen LogP contribution in [0.1, 0.15) is 46.5 Å². The first-order valence-corrected chi connectivity index (χ1v) is 7.55. The molecule has 1 N–H and O–H groups in total. The molecular weight excluding hydrogens is 242 g/mol. The van der Waals surface area contributed by atoms with E-state index in [4.69, 9.17) is 9.47 Å². The smallest absolute Gasteiger partial charge is 0.168 e. The molecule has 0 amide bonds. The molecule has 0 aromatic heterocycles. The summed E-state index contributed by atoms with van der Waals surface area (Å²) in [6.07, 6.45) is 4.13. The summed E-state index contributed by atoms with van der Waals surface area (Å²) in [5.41, 5.74) is -0.621. The summed E-state index contributed by atoms with van der Waals surface area (Å²) >= 11 is 0. The average Bonchev–Trinajstić information content (AvgIpc) is 2.77. The van der Waals surface area contributed by atoms with Crippen LogP contribution in [0.4, 0.5) is 0 Å². The third-order valence-corrected chi connectivity index (χ3v) is 4.97. The van der Waals surface area contributed by atoms with Gasteiger partial charge in [0.2, 0.25) is 0 Å². The van der Waals surface area contributed by atoms with Crippen molar-refractivity contribution in [1.82, 2.24) is 4.90 Å². The molecule has 0 bridgehead atoms. The van der Waals surface area contributed by atoms with Crippen molar-refractivity contribution in [2.45, 2.75) is 63.9 Å². The molecular formula is C15H29NO3. The van der Waals surface area contributed by atoms with E-state index in [1.165, 1.54) is 0 Å². The first-order valence-electron chi connectivity index (χ1n) is 7.55. The van der Waals surface area contributed by atoms with Crippen molar-refractivity contribution in [3.05, 3.63) is 0 Å². The Hall–Kier alpha value is -0.160. The first-order chi connectivity index (χ1) is 8.85. The van der Waals surface area contributed by atoms with Gasteiger partial charge in [-0.25, -0.2) is 0 Å². The Bertz CT molecular complexity index is 288. The second-order valence-electron chi connectivity index (χ2n) is 6.77. The van der Waals surface area contributed by atoms with Crippen LogP contribution in [0.5, 0.6) is 0 Å². The van der Waals surface area contributed by atoms with Gasteiger partial charge >= 0.3 is 0 Å². The molecule has 1 heterocycles. The maximum absolute atomic E-state index is 10.4. The van der Waals surface area contributed by atoms with Gasteiger partial charge in [0.25, 0.3) is 0 Å². The molecule has 4 nitrogen and oxygen atoms in total. The van der Waals surface area contributed by atoms with E-state index in [9.17, 15) is 5.11 Å². The maximum Gasteiger partial charge on any atom is 0.168 e. The second kappa shape index (κ2) is 5.68. The molecule has 1 spiro atoms. The molecule has 1 unspecified atom stereocenters. The second-order valence-corrected chi connectivity index (χ2v) is 6.77. The molecule has 2 fully saturated rings. The van der Waals surface area contributed by atoms with Gasteiger partial charge in [0.05, 0.1) is 18.8 Å². The quantitative estimate of drug-likeness (QED) is 0.849. The molecule has 1 saturated carbocycles. The molecule has 1 aliphatic carbocycles. The van der Waals surface area contributed by atoms with Crippen LogP contribution in [0.2, 0.25) is 0 Å². The van der Waals surface area contributed by atoms with Crippen molar-refractivity contribution in [2.75, 3.05) is 26.8 Å². The minimum atomic E-state index is -0.621. The standard InChI is InChI=1S/C15H29NO3/c1-12(2)14(3,17)11-16(4)13-5-7-15(8-6-13)18-9-10-19-15/h12-13,17H,5-11H2,1-4H3. The Kier molecular flexibility index (Phi) is 4.56. The number of hydrogen-bond acceptors (Lipinski definition) is 4. The van der Waals surface area contributed by atoms with Gasteiger partial charge in [-0.2, -0.15) is 0 Å². The Balaban J connectivity index is 1.84. The average molecular weight is 271 g/mol. The lowest BCUT2D eigenvalue weighted by Gasteiger charge is -2.41. The van der Waals surface area contributed by atoms with Crippen LogP contribution >= 0.6 is 0 Å². The van der Waals surface area contributed by atoms with E-state index in [0.29, 0.717) is 6.04 Å². The molecule has 0 aromatic carbocycles. The van der Waals surface area contributed by atoms with Crippen molar-refractivity contribution in [3.8, 4) is 0 Å². The largest absolute Gasteiger partial charge is 0.389 e. The Morgan fingerprint density at radius 2 is 1.79 bits per heavy atom. The number of nitrogens with zero attached hydrogens (tertiary/aromatic N) is 1. The van der Waals surface area contributed by atoms with Crippen LogP contribution in [-0.4, -0.2) is 54.2 Å². The Morgan fingerprint density at radius 1 is 1.26 bits per heavy atom. The lowest BCUT2D eigenvalue weighted by atomic mass is 9.87. The van der Waals surface area contributed by atoms with Crippen molar-refractivity contribution in [2.24, 2.45) is 5.92 Å². The van der Waals surface area contributed by atoms with E-state index < -0.39 is 5.60 Å². The molecule has 0 radical (unpaired) electrons. The minimum absolute atomic E-state index is 0.270. The summed E-state index contributed by atoms with van der Waals surface area (Å²) in [5, 5.41) is 10.4. The minimum Gasteiger partial charge on any atom is -0.389 e. The zero-order valence-electron chi connectivity index (χ0n) is 12.8. The van der Waals surface area contributed by atoms with Crippen LogP contribution in [0.25, 0.3) is 0 Å². The fourth-order valence-electron chi connectivity index (χ4n) is 3.09. The Morgan fingerprint density at radius 3 is 2.26 bits per heavy atom. The molecule has 2 rings (SSSR count). The highest BCUT2D eigenvalue weighted by Crippen LogP contribution is 2.37. The van der Waals surface area contributed by atoms with Crippen molar-refractivity contribution < 1.29 is 14.6 Å². The predicted molar refractivity (Wildman–Crippen MR) is 75.0 cm³/mol. The third kappa shape index (κ3) is 3.48. The van der Waals surface area contributed by atoms with E-state index >= 15 is 0 Å². The number of hydrogen-bond donors (Lipinski definition) is 1. The van der Waals surface area contributed by atoms with E-state index in [1.807, 2.05) is 6.92 Å². The fraction of sp³-hybridized carbons (Fsp3) is 1.00. The van der Waals surface area contributed by atoms with Gasteiger partial charge in [0.1, 0.15) is 0 Å². The van der Waals surface area contributed by atoms with E-state index in [1.54, 1.807) is 0 Å². The summed E-state index contributed by atoms with van der Waals surface area (Å²) < 4.78 is 11.5. The number of aliphatic hydroxyl groups is 1. The highest BCUT2D eigenvalue weighted by Gasteiger charge is 2.41. The van der Waals surface area contributed by atoms with Crippen LogP contribution in [-0.2, 0) is 9.47 Å². The summed E-state index contributed by atoms with van der Waals surface area (Å²) in [7, 11) is 2.12. The highest BCUT2D eigenvalue weighted by molar-refractivity contribution is 4.88. The zero-order valence-corrected chi connectivity index (χ0v) is 12.8. The first kappa shape index (κ1) is 15.2. The Labute approximate surface area is 117 Å². The highest BCUT2D eigenvalue weighted by atomic mass is 16.7. The van der Waals surface area contributed by atoms with E-state index in [2.05, 4.69) is 25.8 Å². The zero-order chi connectivity index (χ0) is 14.1. The van der Waals surface area contributed by atoms with Gasteiger partial charge < -0.3 is 19.5 Å². The number of rotatable bonds is 4. The lowest BCUT2D eigenvalue weighted by Crippen LogP contribution is -2.49. The van der Waals surface area contributed by atoms with Gasteiger partial charge in [0, 0.05) is 25.4 Å². The summed E-state index contributed by atoms with van der Waals surface area (Å²) in [6, 6.07) is 0.531. The topological polar surface area (TPSA) is 41.9 Å². The van der Waals surface area contributed by atoms with Crippen molar-refractivity contribution in [1.29, 1.82) is 0 Å². The summed E-state index contributed by atoms with van der Waals surface area (Å²) in [4.78, 5) is 2.31. The van der Waals surface area contributed by atoms with Gasteiger partial charge in [-0.1, -0.05) is 13.8 Å². The molecule has 112 valence electrons. The molecule has 4 heteroatoms. The SMILES string of the molecule is CC(C)C(C)(O)CN(C)C1CCC2(CC1)OCCO2. The van der Waals surface area contributed by atoms with Gasteiger partial charge in [-0.05, 0) is 32.7 Å². The number of ether oxygens (including phenoxy) is 2. The molecule has 2 aliphatic rings. The monoisotopic (exact) mass is 271 g/mol. The van der Waals surface area contributed by atoms with Crippen LogP contribution in [0.15, 0.2) is 0 Å². The molecule has 0 aromatic rings. The van der Waals surface area contributed by atoms with E-state index in [-0.39, 0.29) is 11.7 Å². The number of likely N-dealkylation sites (N-methyl/N-ethyl adjacent to an activating group) is 1. The normalized spacial score (nSPS) is 27.3. The van der Waals surface area contributed by atoms with Crippen molar-refractivity contribution in [3.63, 3.8) is 0 Å². The third-order valence-electron chi connectivity index (χ3n) is 4.97. The van der Waals surface area contributed by atoms with Crippen LogP contribution in [0, 0.1) is 5.92 Å². The molecule has 1 aliphatic heterocycles. The molecule has 1 saturated heterocycles. The summed E-state index contributed by atoms with van der Waals surface area (Å²) in [5.74, 6) is -0.0101. The molecule has 1 atom stereocenters. The lowest BCUT2D eigenvalue weighted by molar-refractivity contribution is -0.184. The van der Waals surface area contributed by atoms with Gasteiger partial charge in [-0.15, -0.1) is 0 Å². The van der Waals surface area contributed by atoms with E-state index in [0.717, 1.165) is 45.4 Å². The predicted octanol–water partition coefficient (Wildman–Crippen LogP) is 2.01. The van der Waals surface area contributed by atoms with Gasteiger partial charge in [-0.3, -0.25) is 0 Å².